The lowest BCUT2D eigenvalue weighted by atomic mass is 10.2. The summed E-state index contributed by atoms with van der Waals surface area (Å²) < 4.78 is 0. The molecule has 3 N–H and O–H groups in total. The summed E-state index contributed by atoms with van der Waals surface area (Å²) in [6, 6.07) is 7.40. The van der Waals surface area contributed by atoms with Crippen molar-refractivity contribution in [1.29, 1.82) is 0 Å². The number of likely N-dealkylation sites (N-methyl/N-ethyl adjacent to an activating group) is 2. The van der Waals surface area contributed by atoms with Crippen LogP contribution in [0.25, 0.3) is 0 Å². The van der Waals surface area contributed by atoms with Crippen molar-refractivity contribution >= 4 is 17.5 Å². The van der Waals surface area contributed by atoms with E-state index in [1.54, 1.807) is 26.0 Å². The van der Waals surface area contributed by atoms with Crippen LogP contribution in [-0.2, 0) is 16.1 Å². The van der Waals surface area contributed by atoms with Crippen molar-refractivity contribution in [2.24, 2.45) is 5.73 Å². The van der Waals surface area contributed by atoms with Crippen LogP contribution in [0.1, 0.15) is 5.56 Å². The number of nitrogens with zero attached hydrogens (tertiary/aromatic N) is 2. The SMILES string of the molecule is CN(CC(=O)Nc1ccccc1CN)CC(=O)N(C)C. The molecule has 0 unspecified atom stereocenters. The fourth-order valence-corrected chi connectivity index (χ4v) is 1.68. The van der Waals surface area contributed by atoms with E-state index in [1.807, 2.05) is 24.3 Å². The van der Waals surface area contributed by atoms with Gasteiger partial charge >= 0.3 is 0 Å². The maximum Gasteiger partial charge on any atom is 0.238 e. The second kappa shape index (κ2) is 7.62. The van der Waals surface area contributed by atoms with Crippen molar-refractivity contribution < 1.29 is 9.59 Å². The molecule has 110 valence electrons. The summed E-state index contributed by atoms with van der Waals surface area (Å²) in [4.78, 5) is 26.6. The first-order chi connectivity index (χ1) is 9.43. The van der Waals surface area contributed by atoms with Gasteiger partial charge in [0.15, 0.2) is 0 Å². The average Bonchev–Trinajstić information content (AvgIpc) is 2.38. The third kappa shape index (κ3) is 4.99. The molecule has 1 rings (SSSR count). The van der Waals surface area contributed by atoms with Crippen LogP contribution in [0.5, 0.6) is 0 Å². The molecule has 6 nitrogen and oxygen atoms in total. The molecule has 0 heterocycles. The molecule has 0 aliphatic heterocycles. The first-order valence-corrected chi connectivity index (χ1v) is 6.40. The molecule has 1 aromatic carbocycles. The summed E-state index contributed by atoms with van der Waals surface area (Å²) in [6.45, 7) is 0.725. The molecule has 0 radical (unpaired) electrons. The third-order valence-corrected chi connectivity index (χ3v) is 2.83. The van der Waals surface area contributed by atoms with Crippen LogP contribution in [0.2, 0.25) is 0 Å². The molecule has 0 saturated carbocycles. The Bertz CT molecular complexity index is 474. The van der Waals surface area contributed by atoms with E-state index in [0.717, 1.165) is 5.56 Å². The van der Waals surface area contributed by atoms with Gasteiger partial charge in [-0.15, -0.1) is 0 Å². The van der Waals surface area contributed by atoms with E-state index >= 15 is 0 Å². The molecule has 0 aliphatic rings. The summed E-state index contributed by atoms with van der Waals surface area (Å²) in [5, 5.41) is 2.81. The quantitative estimate of drug-likeness (QED) is 0.774. The number of para-hydroxylation sites is 1. The molecule has 0 aliphatic carbocycles. The van der Waals surface area contributed by atoms with Gasteiger partial charge in [0.25, 0.3) is 0 Å². The normalized spacial score (nSPS) is 10.4. The molecule has 0 spiro atoms. The number of carbonyl (C=O) groups is 2. The molecule has 1 aromatic rings. The fraction of sp³-hybridized carbons (Fsp3) is 0.429. The van der Waals surface area contributed by atoms with Gasteiger partial charge in [-0.25, -0.2) is 0 Å². The predicted octanol–water partition coefficient (Wildman–Crippen LogP) is 0.104. The Morgan fingerprint density at radius 2 is 1.80 bits per heavy atom. The van der Waals surface area contributed by atoms with Crippen LogP contribution in [0.3, 0.4) is 0 Å². The van der Waals surface area contributed by atoms with Crippen LogP contribution in [0.4, 0.5) is 5.69 Å². The van der Waals surface area contributed by atoms with Crippen LogP contribution >= 0.6 is 0 Å². The monoisotopic (exact) mass is 278 g/mol. The molecule has 0 aromatic heterocycles. The minimum Gasteiger partial charge on any atom is -0.348 e. The van der Waals surface area contributed by atoms with E-state index in [0.29, 0.717) is 12.2 Å². The number of carbonyl (C=O) groups excluding carboxylic acids is 2. The smallest absolute Gasteiger partial charge is 0.238 e. The standard InChI is InChI=1S/C14H22N4O2/c1-17(2)14(20)10-18(3)9-13(19)16-12-7-5-4-6-11(12)8-15/h4-7H,8-10,15H2,1-3H3,(H,16,19). The Hall–Kier alpha value is -1.92. The van der Waals surface area contributed by atoms with Crippen LogP contribution < -0.4 is 11.1 Å². The Morgan fingerprint density at radius 1 is 1.15 bits per heavy atom. The molecule has 0 saturated heterocycles. The highest BCUT2D eigenvalue weighted by molar-refractivity contribution is 5.93. The van der Waals surface area contributed by atoms with Gasteiger partial charge in [-0.3, -0.25) is 14.5 Å². The van der Waals surface area contributed by atoms with Crippen molar-refractivity contribution in [3.63, 3.8) is 0 Å². The Morgan fingerprint density at radius 3 is 2.40 bits per heavy atom. The predicted molar refractivity (Wildman–Crippen MR) is 79.2 cm³/mol. The molecule has 0 bridgehead atoms. The second-order valence-electron chi connectivity index (χ2n) is 4.87. The maximum atomic E-state index is 11.9. The largest absolute Gasteiger partial charge is 0.348 e. The van der Waals surface area contributed by atoms with Crippen molar-refractivity contribution in [2.75, 3.05) is 39.5 Å². The Labute approximate surface area is 119 Å². The first kappa shape index (κ1) is 16.1. The lowest BCUT2D eigenvalue weighted by molar-refractivity contribution is -0.130. The number of amides is 2. The topological polar surface area (TPSA) is 78.7 Å². The summed E-state index contributed by atoms with van der Waals surface area (Å²) >= 11 is 0. The number of hydrogen-bond acceptors (Lipinski definition) is 4. The van der Waals surface area contributed by atoms with Gasteiger partial charge < -0.3 is 16.0 Å². The zero-order valence-electron chi connectivity index (χ0n) is 12.2. The average molecular weight is 278 g/mol. The molecule has 0 atom stereocenters. The van der Waals surface area contributed by atoms with Gasteiger partial charge in [0.05, 0.1) is 13.1 Å². The highest BCUT2D eigenvalue weighted by Gasteiger charge is 2.12. The number of nitrogens with one attached hydrogen (secondary N) is 1. The van der Waals surface area contributed by atoms with Crippen LogP contribution in [0.15, 0.2) is 24.3 Å². The van der Waals surface area contributed by atoms with E-state index in [1.165, 1.54) is 4.90 Å². The number of hydrogen-bond donors (Lipinski definition) is 2. The number of rotatable bonds is 6. The fourth-order valence-electron chi connectivity index (χ4n) is 1.68. The van der Waals surface area contributed by atoms with E-state index < -0.39 is 0 Å². The molecule has 20 heavy (non-hydrogen) atoms. The summed E-state index contributed by atoms with van der Waals surface area (Å²) in [5.74, 6) is -0.206. The Balaban J connectivity index is 2.53. The number of nitrogens with two attached hydrogens (primary N) is 1. The molecule has 2 amide bonds. The van der Waals surface area contributed by atoms with Gasteiger partial charge in [-0.05, 0) is 18.7 Å². The van der Waals surface area contributed by atoms with E-state index in [9.17, 15) is 9.59 Å². The second-order valence-corrected chi connectivity index (χ2v) is 4.87. The van der Waals surface area contributed by atoms with Gasteiger partial charge in [-0.1, -0.05) is 18.2 Å². The third-order valence-electron chi connectivity index (χ3n) is 2.83. The minimum atomic E-state index is -0.167. The minimum absolute atomic E-state index is 0.0392. The van der Waals surface area contributed by atoms with Crippen LogP contribution in [0, 0.1) is 0 Å². The van der Waals surface area contributed by atoms with E-state index in [-0.39, 0.29) is 24.9 Å². The Kier molecular flexibility index (Phi) is 6.14. The summed E-state index contributed by atoms with van der Waals surface area (Å²) in [7, 11) is 5.11. The molecule has 6 heteroatoms. The van der Waals surface area contributed by atoms with Gasteiger partial charge in [-0.2, -0.15) is 0 Å². The molecular formula is C14H22N4O2. The van der Waals surface area contributed by atoms with E-state index in [4.69, 9.17) is 5.73 Å². The zero-order chi connectivity index (χ0) is 15.1. The van der Waals surface area contributed by atoms with Crippen molar-refractivity contribution in [2.45, 2.75) is 6.54 Å². The molecular weight excluding hydrogens is 256 g/mol. The van der Waals surface area contributed by atoms with Gasteiger partial charge in [0.2, 0.25) is 11.8 Å². The van der Waals surface area contributed by atoms with Crippen molar-refractivity contribution in [3.8, 4) is 0 Å². The summed E-state index contributed by atoms with van der Waals surface area (Å²) in [5.41, 5.74) is 7.21. The van der Waals surface area contributed by atoms with Gasteiger partial charge in [0.1, 0.15) is 0 Å². The zero-order valence-corrected chi connectivity index (χ0v) is 12.2. The summed E-state index contributed by atoms with van der Waals surface area (Å²) in [6.07, 6.45) is 0. The highest BCUT2D eigenvalue weighted by Crippen LogP contribution is 2.13. The highest BCUT2D eigenvalue weighted by atomic mass is 16.2. The number of anilines is 1. The first-order valence-electron chi connectivity index (χ1n) is 6.40. The lowest BCUT2D eigenvalue weighted by Crippen LogP contribution is -2.38. The van der Waals surface area contributed by atoms with Crippen molar-refractivity contribution in [1.82, 2.24) is 9.80 Å². The van der Waals surface area contributed by atoms with Gasteiger partial charge in [0, 0.05) is 26.3 Å². The van der Waals surface area contributed by atoms with Crippen LogP contribution in [-0.4, -0.2) is 55.8 Å². The molecule has 0 fully saturated rings. The van der Waals surface area contributed by atoms with Crippen molar-refractivity contribution in [3.05, 3.63) is 29.8 Å². The van der Waals surface area contributed by atoms with E-state index in [2.05, 4.69) is 5.32 Å². The maximum absolute atomic E-state index is 11.9. The lowest BCUT2D eigenvalue weighted by Gasteiger charge is -2.18. The number of benzene rings is 1.